The van der Waals surface area contributed by atoms with Crippen molar-refractivity contribution < 1.29 is 4.79 Å². The van der Waals surface area contributed by atoms with E-state index in [-0.39, 0.29) is 11.7 Å². The second kappa shape index (κ2) is 7.27. The minimum absolute atomic E-state index is 0.0886. The Morgan fingerprint density at radius 3 is 3.00 bits per heavy atom. The van der Waals surface area contributed by atoms with Crippen molar-refractivity contribution in [1.82, 2.24) is 19.6 Å². The molecule has 1 N–H and O–H groups in total. The van der Waals surface area contributed by atoms with E-state index in [1.807, 2.05) is 65.4 Å². The van der Waals surface area contributed by atoms with Gasteiger partial charge in [-0.05, 0) is 31.2 Å². The van der Waals surface area contributed by atoms with Crippen molar-refractivity contribution >= 4 is 40.3 Å². The summed E-state index contributed by atoms with van der Waals surface area (Å²) in [5, 5.41) is 14.9. The molecule has 3 heterocycles. The number of pyridine rings is 1. The number of amides is 1. The van der Waals surface area contributed by atoms with Crippen molar-refractivity contribution in [3.63, 3.8) is 0 Å². The third kappa shape index (κ3) is 3.61. The van der Waals surface area contributed by atoms with Crippen LogP contribution < -0.4 is 5.32 Å². The van der Waals surface area contributed by atoms with E-state index >= 15 is 0 Å². The number of fused-ring (bicyclic) bond motifs is 1. The molecule has 0 unspecified atom stereocenters. The van der Waals surface area contributed by atoms with Gasteiger partial charge in [-0.25, -0.2) is 4.98 Å². The topological polar surface area (TPSA) is 72.2 Å². The molecule has 3 aromatic heterocycles. The number of hydrogen-bond acceptors (Lipinski definition) is 6. The Bertz CT molecular complexity index is 1070. The lowest BCUT2D eigenvalue weighted by Gasteiger charge is -2.06. The van der Waals surface area contributed by atoms with Gasteiger partial charge in [0.2, 0.25) is 5.91 Å². The van der Waals surface area contributed by atoms with Crippen molar-refractivity contribution in [3.05, 3.63) is 59.0 Å². The molecule has 0 saturated carbocycles. The minimum atomic E-state index is -0.0886. The van der Waals surface area contributed by atoms with Crippen LogP contribution in [0.4, 0.5) is 5.69 Å². The second-order valence-electron chi connectivity index (χ2n) is 5.58. The number of thioether (sulfide) groups is 1. The van der Waals surface area contributed by atoms with Gasteiger partial charge in [0.15, 0.2) is 10.8 Å². The van der Waals surface area contributed by atoms with E-state index in [4.69, 9.17) is 0 Å². The highest BCUT2D eigenvalue weighted by Gasteiger charge is 2.10. The summed E-state index contributed by atoms with van der Waals surface area (Å²) < 4.78 is 1.86. The molecule has 0 radical (unpaired) electrons. The zero-order valence-electron chi connectivity index (χ0n) is 13.9. The Morgan fingerprint density at radius 1 is 1.23 bits per heavy atom. The molecule has 0 bridgehead atoms. The van der Waals surface area contributed by atoms with Gasteiger partial charge in [-0.15, -0.1) is 21.5 Å². The molecule has 1 amide bonds. The molecule has 0 fully saturated rings. The molecular weight excluding hydrogens is 366 g/mol. The molecule has 0 spiro atoms. The molecule has 130 valence electrons. The fourth-order valence-corrected chi connectivity index (χ4v) is 3.84. The van der Waals surface area contributed by atoms with Crippen molar-refractivity contribution in [2.75, 3.05) is 11.1 Å². The first-order valence-electron chi connectivity index (χ1n) is 7.94. The van der Waals surface area contributed by atoms with Gasteiger partial charge in [-0.2, -0.15) is 0 Å². The maximum Gasteiger partial charge on any atom is 0.234 e. The van der Waals surface area contributed by atoms with Crippen molar-refractivity contribution in [1.29, 1.82) is 0 Å². The molecule has 0 atom stereocenters. The highest BCUT2D eigenvalue weighted by atomic mass is 32.2. The number of rotatable bonds is 5. The van der Waals surface area contributed by atoms with Gasteiger partial charge in [-0.3, -0.25) is 9.20 Å². The van der Waals surface area contributed by atoms with Gasteiger partial charge in [0.25, 0.3) is 0 Å². The number of carbonyl (C=O) groups excluding carboxylic acids is 1. The molecule has 0 aliphatic carbocycles. The minimum Gasteiger partial charge on any atom is -0.325 e. The number of thiazole rings is 1. The summed E-state index contributed by atoms with van der Waals surface area (Å²) in [6.07, 6.45) is 1.88. The van der Waals surface area contributed by atoms with Crippen LogP contribution >= 0.6 is 23.1 Å². The van der Waals surface area contributed by atoms with Crippen LogP contribution in [0.3, 0.4) is 0 Å². The normalized spacial score (nSPS) is 11.0. The van der Waals surface area contributed by atoms with E-state index in [1.54, 1.807) is 11.3 Å². The zero-order chi connectivity index (χ0) is 17.9. The summed E-state index contributed by atoms with van der Waals surface area (Å²) in [5.41, 5.74) is 3.43. The van der Waals surface area contributed by atoms with Crippen LogP contribution in [0.2, 0.25) is 0 Å². The van der Waals surface area contributed by atoms with E-state index < -0.39 is 0 Å². The Hall–Kier alpha value is -2.71. The Balaban J connectivity index is 1.42. The molecular formula is C18H15N5OS2. The van der Waals surface area contributed by atoms with Crippen molar-refractivity contribution in [2.45, 2.75) is 12.1 Å². The van der Waals surface area contributed by atoms with Gasteiger partial charge in [0, 0.05) is 22.8 Å². The summed E-state index contributed by atoms with van der Waals surface area (Å²) in [5.74, 6) is 0.171. The fraction of sp³-hybridized carbons (Fsp3) is 0.111. The summed E-state index contributed by atoms with van der Waals surface area (Å²) in [6, 6.07) is 13.4. The SMILES string of the molecule is Cc1nc(-c2cccc(NC(=O)CSc3nnc4ccccn34)c2)cs1. The lowest BCUT2D eigenvalue weighted by Crippen LogP contribution is -2.14. The van der Waals surface area contributed by atoms with E-state index in [1.165, 1.54) is 11.8 Å². The highest BCUT2D eigenvalue weighted by Crippen LogP contribution is 2.24. The quantitative estimate of drug-likeness (QED) is 0.531. The first kappa shape index (κ1) is 16.7. The number of hydrogen-bond donors (Lipinski definition) is 1. The molecule has 1 aromatic carbocycles. The maximum absolute atomic E-state index is 12.3. The van der Waals surface area contributed by atoms with E-state index in [0.29, 0.717) is 5.16 Å². The predicted molar refractivity (Wildman–Crippen MR) is 105 cm³/mol. The second-order valence-corrected chi connectivity index (χ2v) is 7.59. The van der Waals surface area contributed by atoms with Gasteiger partial charge in [-0.1, -0.05) is 30.0 Å². The smallest absolute Gasteiger partial charge is 0.234 e. The summed E-state index contributed by atoms with van der Waals surface area (Å²) in [7, 11) is 0. The molecule has 0 aliphatic heterocycles. The molecule has 8 heteroatoms. The van der Waals surface area contributed by atoms with Gasteiger partial charge in [0.1, 0.15) is 0 Å². The molecule has 4 aromatic rings. The lowest BCUT2D eigenvalue weighted by molar-refractivity contribution is -0.113. The van der Waals surface area contributed by atoms with Crippen LogP contribution in [0.5, 0.6) is 0 Å². The summed E-state index contributed by atoms with van der Waals surface area (Å²) >= 11 is 2.96. The number of carbonyl (C=O) groups is 1. The van der Waals surface area contributed by atoms with Crippen LogP contribution in [0.15, 0.2) is 59.2 Å². The first-order chi connectivity index (χ1) is 12.7. The Labute approximate surface area is 158 Å². The number of anilines is 1. The van der Waals surface area contributed by atoms with Crippen LogP contribution in [0.1, 0.15) is 5.01 Å². The largest absolute Gasteiger partial charge is 0.325 e. The zero-order valence-corrected chi connectivity index (χ0v) is 15.5. The molecule has 0 saturated heterocycles. The van der Waals surface area contributed by atoms with Crippen LogP contribution in [-0.4, -0.2) is 31.2 Å². The van der Waals surface area contributed by atoms with Crippen molar-refractivity contribution in [2.24, 2.45) is 0 Å². The van der Waals surface area contributed by atoms with Gasteiger partial charge in [0.05, 0.1) is 16.5 Å². The summed E-state index contributed by atoms with van der Waals surface area (Å²) in [4.78, 5) is 16.8. The van der Waals surface area contributed by atoms with E-state index in [0.717, 1.165) is 27.6 Å². The molecule has 6 nitrogen and oxygen atoms in total. The monoisotopic (exact) mass is 381 g/mol. The Morgan fingerprint density at radius 2 is 2.15 bits per heavy atom. The number of aromatic nitrogens is 4. The Kier molecular flexibility index (Phi) is 4.68. The average Bonchev–Trinajstić information content (AvgIpc) is 3.26. The molecule has 4 rings (SSSR count). The van der Waals surface area contributed by atoms with Crippen LogP contribution in [0, 0.1) is 6.92 Å². The highest BCUT2D eigenvalue weighted by molar-refractivity contribution is 7.99. The van der Waals surface area contributed by atoms with E-state index in [9.17, 15) is 4.79 Å². The first-order valence-corrected chi connectivity index (χ1v) is 9.80. The summed E-state index contributed by atoms with van der Waals surface area (Å²) in [6.45, 7) is 1.98. The van der Waals surface area contributed by atoms with Crippen LogP contribution in [-0.2, 0) is 4.79 Å². The van der Waals surface area contributed by atoms with E-state index in [2.05, 4.69) is 20.5 Å². The van der Waals surface area contributed by atoms with Gasteiger partial charge >= 0.3 is 0 Å². The lowest BCUT2D eigenvalue weighted by atomic mass is 10.1. The van der Waals surface area contributed by atoms with Gasteiger partial charge < -0.3 is 5.32 Å². The number of nitrogens with zero attached hydrogens (tertiary/aromatic N) is 4. The number of aryl methyl sites for hydroxylation is 1. The maximum atomic E-state index is 12.3. The van der Waals surface area contributed by atoms with Crippen molar-refractivity contribution in [3.8, 4) is 11.3 Å². The third-order valence-electron chi connectivity index (χ3n) is 3.68. The molecule has 26 heavy (non-hydrogen) atoms. The standard InChI is InChI=1S/C18H15N5OS2/c1-12-19-15(10-25-12)13-5-4-6-14(9-13)20-17(24)11-26-18-22-21-16-7-2-3-8-23(16)18/h2-10H,11H2,1H3,(H,20,24). The third-order valence-corrected chi connectivity index (χ3v) is 5.39. The predicted octanol–water partition coefficient (Wildman–Crippen LogP) is 3.89. The number of benzene rings is 1. The van der Waals surface area contributed by atoms with Crippen LogP contribution in [0.25, 0.3) is 16.9 Å². The fourth-order valence-electron chi connectivity index (χ4n) is 2.50. The number of nitrogens with one attached hydrogen (secondary N) is 1. The molecule has 0 aliphatic rings. The average molecular weight is 381 g/mol.